The zero-order chi connectivity index (χ0) is 6.53. The Balaban J connectivity index is 2.61. The normalized spacial score (nSPS) is 11.1. The minimum absolute atomic E-state index is 1.06. The van der Waals surface area contributed by atoms with Gasteiger partial charge in [0.15, 0.2) is 0 Å². The maximum absolute atomic E-state index is 2.18. The first-order valence-electron chi connectivity index (χ1n) is 2.97. The highest BCUT2D eigenvalue weighted by Crippen LogP contribution is 2.25. The van der Waals surface area contributed by atoms with Gasteiger partial charge in [0, 0.05) is 14.4 Å². The van der Waals surface area contributed by atoms with Gasteiger partial charge in [-0.25, -0.2) is 0 Å². The lowest BCUT2D eigenvalue weighted by Crippen LogP contribution is -1.72. The van der Waals surface area contributed by atoms with Crippen LogP contribution < -0.4 is 0 Å². The Morgan fingerprint density at radius 1 is 1.22 bits per heavy atom. The summed E-state index contributed by atoms with van der Waals surface area (Å²) in [6.07, 6.45) is 1.25. The molecule has 0 aliphatic rings. The van der Waals surface area contributed by atoms with Gasteiger partial charge in [-0.15, -0.1) is 0 Å². The molecule has 2 heteroatoms. The highest BCUT2D eigenvalue weighted by molar-refractivity contribution is 8.02. The van der Waals surface area contributed by atoms with E-state index in [1.54, 1.807) is 0 Å². The van der Waals surface area contributed by atoms with E-state index >= 15 is 0 Å². The smallest absolute Gasteiger partial charge is 0.0385 e. The van der Waals surface area contributed by atoms with Gasteiger partial charge in [-0.3, -0.25) is 0 Å². The largest absolute Gasteiger partial charge is 0.0622 e. The zero-order valence-electron chi connectivity index (χ0n) is 5.30. The van der Waals surface area contributed by atoms with Crippen LogP contribution in [0.2, 0.25) is 0 Å². The van der Waals surface area contributed by atoms with Crippen LogP contribution in [-0.2, 0) is 6.16 Å². The third kappa shape index (κ3) is 2.43. The van der Waals surface area contributed by atoms with Gasteiger partial charge in [-0.2, -0.15) is 0 Å². The number of hydrogen-bond donors (Lipinski definition) is 0. The van der Waals surface area contributed by atoms with Crippen molar-refractivity contribution in [2.24, 2.45) is 0 Å². The lowest BCUT2D eigenvalue weighted by molar-refractivity contribution is 1.42. The molecule has 0 aliphatic heterocycles. The third-order valence-electron chi connectivity index (χ3n) is 1.17. The molecule has 1 rings (SSSR count). The molecule has 0 N–H and O–H groups in total. The lowest BCUT2D eigenvalue weighted by Gasteiger charge is -1.91. The van der Waals surface area contributed by atoms with Crippen molar-refractivity contribution < 1.29 is 0 Å². The topological polar surface area (TPSA) is 0 Å². The Morgan fingerprint density at radius 2 is 1.89 bits per heavy atom. The molecule has 0 aliphatic carbocycles. The summed E-state index contributed by atoms with van der Waals surface area (Å²) >= 11 is 0. The molecule has 0 heterocycles. The summed E-state index contributed by atoms with van der Waals surface area (Å²) in [5.74, 6) is 0. The predicted octanol–water partition coefficient (Wildman–Crippen LogP) is 2.39. The highest BCUT2D eigenvalue weighted by atomic mass is 32.0. The third-order valence-corrected chi connectivity index (χ3v) is 2.58. The molecule has 2 atom stereocenters. The molecule has 0 fully saturated rings. The summed E-state index contributed by atoms with van der Waals surface area (Å²) in [5, 5.41) is 0. The Kier molecular flexibility index (Phi) is 3.18. The Hall–Kier alpha value is 0.0800. The Morgan fingerprint density at radius 3 is 2.44 bits per heavy atom. The molecule has 0 aromatic heterocycles. The van der Waals surface area contributed by atoms with Crippen LogP contribution in [-0.4, -0.2) is 0 Å². The molecule has 2 unspecified atom stereocenters. The minimum Gasteiger partial charge on any atom is -0.0622 e. The van der Waals surface area contributed by atoms with Crippen molar-refractivity contribution in [1.29, 1.82) is 0 Å². The Labute approximate surface area is 59.9 Å². The lowest BCUT2D eigenvalue weighted by atomic mass is 10.2. The second kappa shape index (κ2) is 3.99. The van der Waals surface area contributed by atoms with E-state index in [1.165, 1.54) is 11.7 Å². The second-order valence-corrected chi connectivity index (χ2v) is 4.27. The fourth-order valence-electron chi connectivity index (χ4n) is 0.740. The Bertz CT molecular complexity index is 160. The molecule has 0 bridgehead atoms. The van der Waals surface area contributed by atoms with E-state index in [0.717, 1.165) is 8.27 Å². The second-order valence-electron chi connectivity index (χ2n) is 1.91. The molecule has 0 amide bonds. The van der Waals surface area contributed by atoms with E-state index < -0.39 is 0 Å². The number of hydrogen-bond acceptors (Lipinski definition) is 0. The van der Waals surface area contributed by atoms with E-state index in [0.29, 0.717) is 0 Å². The summed E-state index contributed by atoms with van der Waals surface area (Å²) in [7, 11) is 3.12. The van der Waals surface area contributed by atoms with Crippen LogP contribution in [0.1, 0.15) is 5.56 Å². The molecular formula is C7H11P2+. The first kappa shape index (κ1) is 7.19. The molecule has 0 radical (unpaired) electrons. The van der Waals surface area contributed by atoms with Crippen molar-refractivity contribution >= 4 is 17.2 Å². The van der Waals surface area contributed by atoms with Gasteiger partial charge in [0.05, 0.1) is 0 Å². The van der Waals surface area contributed by atoms with Gasteiger partial charge in [0.2, 0.25) is 0 Å². The summed E-state index contributed by atoms with van der Waals surface area (Å²) in [5.41, 5.74) is 1.46. The van der Waals surface area contributed by atoms with Crippen molar-refractivity contribution in [3.05, 3.63) is 35.9 Å². The van der Waals surface area contributed by atoms with Gasteiger partial charge in [-0.05, 0) is 14.5 Å². The van der Waals surface area contributed by atoms with Crippen molar-refractivity contribution in [3.63, 3.8) is 0 Å². The molecule has 1 aromatic rings. The molecule has 0 nitrogen and oxygen atoms in total. The quantitative estimate of drug-likeness (QED) is 0.578. The predicted molar refractivity (Wildman–Crippen MR) is 49.6 cm³/mol. The van der Waals surface area contributed by atoms with Crippen molar-refractivity contribution in [3.8, 4) is 0 Å². The average molecular weight is 157 g/mol. The molecule has 1 aromatic carbocycles. The summed E-state index contributed by atoms with van der Waals surface area (Å²) in [4.78, 5) is 0. The average Bonchev–Trinajstić information content (AvgIpc) is 1.91. The number of rotatable bonds is 2. The fourth-order valence-corrected chi connectivity index (χ4v) is 2.13. The standard InChI is InChI=1S/C7H10P2/c8-9-6-7-4-2-1-3-5-7/h1-5,9H,6,8H2/p+1. The van der Waals surface area contributed by atoms with Gasteiger partial charge in [0.1, 0.15) is 0 Å². The van der Waals surface area contributed by atoms with Crippen molar-refractivity contribution in [1.82, 2.24) is 0 Å². The van der Waals surface area contributed by atoms with Crippen LogP contribution in [0.3, 0.4) is 0 Å². The summed E-state index contributed by atoms with van der Waals surface area (Å²) in [6, 6.07) is 10.6. The monoisotopic (exact) mass is 157 g/mol. The molecule has 9 heavy (non-hydrogen) atoms. The zero-order valence-corrected chi connectivity index (χ0v) is 7.72. The first-order valence-corrected chi connectivity index (χ1v) is 6.51. The van der Waals surface area contributed by atoms with Crippen LogP contribution in [0.5, 0.6) is 0 Å². The van der Waals surface area contributed by atoms with E-state index in [1.807, 2.05) is 0 Å². The number of benzene rings is 1. The summed E-state index contributed by atoms with van der Waals surface area (Å²) < 4.78 is 0. The fraction of sp³-hybridized carbons (Fsp3) is 0.143. The maximum atomic E-state index is 2.18. The highest BCUT2D eigenvalue weighted by Gasteiger charge is 1.87. The maximum Gasteiger partial charge on any atom is 0.0385 e. The van der Waals surface area contributed by atoms with Crippen LogP contribution in [0.4, 0.5) is 0 Å². The van der Waals surface area contributed by atoms with Crippen LogP contribution in [0, 0.1) is 0 Å². The minimum atomic E-state index is 1.06. The van der Waals surface area contributed by atoms with E-state index in [-0.39, 0.29) is 0 Å². The van der Waals surface area contributed by atoms with Gasteiger partial charge in [0.25, 0.3) is 0 Å². The molecular weight excluding hydrogens is 146 g/mol. The van der Waals surface area contributed by atoms with Crippen molar-refractivity contribution in [2.45, 2.75) is 6.16 Å². The van der Waals surface area contributed by atoms with E-state index in [4.69, 9.17) is 0 Å². The van der Waals surface area contributed by atoms with Gasteiger partial charge >= 0.3 is 0 Å². The molecule has 0 saturated carbocycles. The van der Waals surface area contributed by atoms with Crippen LogP contribution in [0.25, 0.3) is 0 Å². The van der Waals surface area contributed by atoms with Crippen LogP contribution in [0.15, 0.2) is 30.3 Å². The van der Waals surface area contributed by atoms with E-state index in [9.17, 15) is 0 Å². The van der Waals surface area contributed by atoms with E-state index in [2.05, 4.69) is 39.3 Å². The summed E-state index contributed by atoms with van der Waals surface area (Å²) in [6.45, 7) is 0. The molecule has 48 valence electrons. The van der Waals surface area contributed by atoms with Gasteiger partial charge < -0.3 is 0 Å². The molecule has 0 spiro atoms. The van der Waals surface area contributed by atoms with Gasteiger partial charge in [-0.1, -0.05) is 30.3 Å². The SMILES string of the molecule is [PH3+]PCc1ccccc1. The van der Waals surface area contributed by atoms with Crippen molar-refractivity contribution in [2.75, 3.05) is 0 Å². The van der Waals surface area contributed by atoms with Crippen LogP contribution >= 0.6 is 17.2 Å². The molecule has 0 saturated heterocycles. The first-order chi connectivity index (χ1) is 4.43.